The van der Waals surface area contributed by atoms with Crippen molar-refractivity contribution in [3.63, 3.8) is 0 Å². The lowest BCUT2D eigenvalue weighted by molar-refractivity contribution is 0.158. The molecule has 6 heteroatoms. The maximum absolute atomic E-state index is 11.4. The average molecular weight is 316 g/mol. The van der Waals surface area contributed by atoms with Gasteiger partial charge in [0.2, 0.25) is 0 Å². The van der Waals surface area contributed by atoms with Crippen molar-refractivity contribution in [3.8, 4) is 0 Å². The molecule has 1 heterocycles. The molecule has 0 aliphatic rings. The van der Waals surface area contributed by atoms with Crippen molar-refractivity contribution >= 4 is 20.9 Å². The maximum Gasteiger partial charge on any atom is 0.175 e. The van der Waals surface area contributed by atoms with Crippen molar-refractivity contribution in [1.29, 1.82) is 0 Å². The zero-order chi connectivity index (χ0) is 15.7. The van der Waals surface area contributed by atoms with Crippen LogP contribution in [-0.4, -0.2) is 29.3 Å². The fourth-order valence-corrected chi connectivity index (χ4v) is 3.02. The van der Waals surface area contributed by atoms with E-state index in [1.165, 1.54) is 12.1 Å². The van der Waals surface area contributed by atoms with Crippen LogP contribution in [0.1, 0.15) is 11.7 Å². The number of hydrogen-bond donors (Lipinski definition) is 1. The second-order valence-corrected chi connectivity index (χ2v) is 7.26. The maximum atomic E-state index is 11.4. The van der Waals surface area contributed by atoms with Gasteiger partial charge >= 0.3 is 0 Å². The van der Waals surface area contributed by atoms with Gasteiger partial charge in [0.15, 0.2) is 9.84 Å². The number of benzene rings is 2. The van der Waals surface area contributed by atoms with Crippen molar-refractivity contribution < 1.29 is 13.5 Å². The summed E-state index contributed by atoms with van der Waals surface area (Å²) in [7, 11) is -3.22. The van der Waals surface area contributed by atoms with E-state index in [4.69, 9.17) is 0 Å². The molecule has 1 atom stereocenters. The van der Waals surface area contributed by atoms with Gasteiger partial charge in [-0.3, -0.25) is 0 Å². The zero-order valence-corrected chi connectivity index (χ0v) is 12.9. The van der Waals surface area contributed by atoms with E-state index in [1.807, 2.05) is 28.8 Å². The molecule has 0 aliphatic carbocycles. The largest absolute Gasteiger partial charge is 0.387 e. The lowest BCUT2D eigenvalue weighted by Crippen LogP contribution is -2.08. The van der Waals surface area contributed by atoms with Crippen LogP contribution in [0.15, 0.2) is 59.8 Å². The quantitative estimate of drug-likeness (QED) is 0.801. The normalized spacial score (nSPS) is 13.4. The Bertz CT molecular complexity index is 899. The van der Waals surface area contributed by atoms with Gasteiger partial charge in [0.1, 0.15) is 0 Å². The summed E-state index contributed by atoms with van der Waals surface area (Å²) < 4.78 is 24.8. The predicted molar refractivity (Wildman–Crippen MR) is 84.2 cm³/mol. The first-order valence-corrected chi connectivity index (χ1v) is 8.72. The molecule has 114 valence electrons. The van der Waals surface area contributed by atoms with Gasteiger partial charge in [-0.05, 0) is 29.8 Å². The van der Waals surface area contributed by atoms with E-state index in [-0.39, 0.29) is 4.90 Å². The molecule has 0 radical (unpaired) electrons. The molecule has 22 heavy (non-hydrogen) atoms. The fraction of sp³-hybridized carbons (Fsp3) is 0.188. The van der Waals surface area contributed by atoms with Crippen LogP contribution in [0.3, 0.4) is 0 Å². The van der Waals surface area contributed by atoms with Crippen LogP contribution in [0.4, 0.5) is 0 Å². The second kappa shape index (κ2) is 5.55. The highest BCUT2D eigenvalue weighted by molar-refractivity contribution is 7.90. The van der Waals surface area contributed by atoms with Crippen LogP contribution in [0.25, 0.3) is 11.0 Å². The van der Waals surface area contributed by atoms with Gasteiger partial charge in [0.25, 0.3) is 0 Å². The molecule has 0 saturated heterocycles. The molecular weight excluding hydrogens is 300 g/mol. The van der Waals surface area contributed by atoms with E-state index in [0.717, 1.165) is 17.3 Å². The van der Waals surface area contributed by atoms with Crippen molar-refractivity contribution in [2.24, 2.45) is 0 Å². The number of nitrogens with zero attached hydrogens (tertiary/aromatic N) is 2. The molecular formula is C16H16N2O3S. The third kappa shape index (κ3) is 2.88. The summed E-state index contributed by atoms with van der Waals surface area (Å²) in [5.41, 5.74) is 2.50. The van der Waals surface area contributed by atoms with Crippen LogP contribution in [0.2, 0.25) is 0 Å². The molecule has 2 aromatic carbocycles. The number of hydrogen-bond acceptors (Lipinski definition) is 4. The number of sulfone groups is 1. The molecule has 0 saturated carbocycles. The highest BCUT2D eigenvalue weighted by Gasteiger charge is 2.12. The van der Waals surface area contributed by atoms with Crippen molar-refractivity contribution in [3.05, 3.63) is 60.4 Å². The summed E-state index contributed by atoms with van der Waals surface area (Å²) in [5.74, 6) is 0. The third-order valence-corrected chi connectivity index (χ3v) is 4.72. The first-order chi connectivity index (χ1) is 10.4. The zero-order valence-electron chi connectivity index (χ0n) is 12.0. The van der Waals surface area contributed by atoms with E-state index in [0.29, 0.717) is 12.1 Å². The van der Waals surface area contributed by atoms with Crippen molar-refractivity contribution in [2.75, 3.05) is 6.26 Å². The van der Waals surface area contributed by atoms with Crippen LogP contribution in [0, 0.1) is 0 Å². The van der Waals surface area contributed by atoms with Gasteiger partial charge in [0.05, 0.1) is 34.9 Å². The Balaban J connectivity index is 1.84. The summed E-state index contributed by atoms with van der Waals surface area (Å²) in [6.45, 7) is 0.360. The fourth-order valence-electron chi connectivity index (χ4n) is 2.38. The number of aliphatic hydroxyl groups excluding tert-OH is 1. The Hall–Kier alpha value is -2.18. The van der Waals surface area contributed by atoms with Gasteiger partial charge in [-0.15, -0.1) is 0 Å². The smallest absolute Gasteiger partial charge is 0.175 e. The SMILES string of the molecule is CS(=O)(=O)c1ccc([C@H](O)Cn2cnc3ccccc32)cc1. The molecule has 1 aromatic heterocycles. The Kier molecular flexibility index (Phi) is 3.72. The number of imidazole rings is 1. The Morgan fingerprint density at radius 2 is 1.82 bits per heavy atom. The summed E-state index contributed by atoms with van der Waals surface area (Å²) >= 11 is 0. The molecule has 3 rings (SSSR count). The van der Waals surface area contributed by atoms with Crippen molar-refractivity contribution in [2.45, 2.75) is 17.5 Å². The lowest BCUT2D eigenvalue weighted by Gasteiger charge is -2.13. The monoisotopic (exact) mass is 316 g/mol. The highest BCUT2D eigenvalue weighted by atomic mass is 32.2. The van der Waals surface area contributed by atoms with Gasteiger partial charge in [-0.1, -0.05) is 24.3 Å². The third-order valence-electron chi connectivity index (χ3n) is 3.59. The van der Waals surface area contributed by atoms with Crippen molar-refractivity contribution in [1.82, 2.24) is 9.55 Å². The van der Waals surface area contributed by atoms with Crippen LogP contribution < -0.4 is 0 Å². The van der Waals surface area contributed by atoms with Crippen LogP contribution in [-0.2, 0) is 16.4 Å². The minimum absolute atomic E-state index is 0.247. The van der Waals surface area contributed by atoms with Gasteiger partial charge in [0, 0.05) is 6.26 Å². The van der Waals surface area contributed by atoms with Gasteiger partial charge in [-0.2, -0.15) is 0 Å². The van der Waals surface area contributed by atoms with E-state index in [2.05, 4.69) is 4.98 Å². The minimum Gasteiger partial charge on any atom is -0.387 e. The highest BCUT2D eigenvalue weighted by Crippen LogP contribution is 2.20. The average Bonchev–Trinajstić information content (AvgIpc) is 2.90. The number of aliphatic hydroxyl groups is 1. The topological polar surface area (TPSA) is 72.2 Å². The summed E-state index contributed by atoms with van der Waals surface area (Å²) in [6.07, 6.45) is 2.13. The second-order valence-electron chi connectivity index (χ2n) is 5.24. The summed E-state index contributed by atoms with van der Waals surface area (Å²) in [4.78, 5) is 4.53. The van der Waals surface area contributed by atoms with E-state index in [1.54, 1.807) is 18.5 Å². The van der Waals surface area contributed by atoms with Gasteiger partial charge in [-0.25, -0.2) is 13.4 Å². The molecule has 0 bridgehead atoms. The first-order valence-electron chi connectivity index (χ1n) is 6.83. The Morgan fingerprint density at radius 1 is 1.14 bits per heavy atom. The van der Waals surface area contributed by atoms with Crippen LogP contribution in [0.5, 0.6) is 0 Å². The first kappa shape index (κ1) is 14.7. The number of rotatable bonds is 4. The van der Waals surface area contributed by atoms with E-state index < -0.39 is 15.9 Å². The molecule has 0 unspecified atom stereocenters. The number of para-hydroxylation sites is 2. The molecule has 3 aromatic rings. The molecule has 0 spiro atoms. The molecule has 1 N–H and O–H groups in total. The summed E-state index contributed by atoms with van der Waals surface area (Å²) in [6, 6.07) is 14.0. The number of aromatic nitrogens is 2. The standard InChI is InChI=1S/C16H16N2O3S/c1-22(20,21)13-8-6-12(7-9-13)16(19)10-18-11-17-14-4-2-3-5-15(14)18/h2-9,11,16,19H,10H2,1H3/t16-/m1/s1. The van der Waals surface area contributed by atoms with Gasteiger partial charge < -0.3 is 9.67 Å². The molecule has 5 nitrogen and oxygen atoms in total. The molecule has 0 aliphatic heterocycles. The Morgan fingerprint density at radius 3 is 2.50 bits per heavy atom. The Labute approximate surface area is 128 Å². The van der Waals surface area contributed by atoms with E-state index >= 15 is 0 Å². The molecule has 0 amide bonds. The van der Waals surface area contributed by atoms with E-state index in [9.17, 15) is 13.5 Å². The summed E-state index contributed by atoms with van der Waals surface area (Å²) in [5, 5.41) is 10.3. The minimum atomic E-state index is -3.22. The predicted octanol–water partition coefficient (Wildman–Crippen LogP) is 2.17. The lowest BCUT2D eigenvalue weighted by atomic mass is 10.1. The number of fused-ring (bicyclic) bond motifs is 1. The van der Waals surface area contributed by atoms with Crippen LogP contribution >= 0.6 is 0 Å². The molecule has 0 fully saturated rings.